The molecule has 0 fully saturated rings. The van der Waals surface area contributed by atoms with Crippen LogP contribution < -0.4 is 4.74 Å². The molecule has 4 rings (SSSR count). The lowest BCUT2D eigenvalue weighted by Gasteiger charge is -2.25. The Kier molecular flexibility index (Phi) is 5.46. The summed E-state index contributed by atoms with van der Waals surface area (Å²) in [6.07, 6.45) is -1.62. The number of benzene rings is 2. The van der Waals surface area contributed by atoms with Crippen LogP contribution in [-0.4, -0.2) is 35.8 Å². The van der Waals surface area contributed by atoms with Crippen LogP contribution in [0.25, 0.3) is 0 Å². The Morgan fingerprint density at radius 1 is 1.23 bits per heavy atom. The van der Waals surface area contributed by atoms with Crippen molar-refractivity contribution in [1.29, 1.82) is 0 Å². The lowest BCUT2D eigenvalue weighted by molar-refractivity contribution is -0.274. The summed E-state index contributed by atoms with van der Waals surface area (Å²) in [6, 6.07) is 11.8. The number of nitrogens with zero attached hydrogens (tertiary/aromatic N) is 3. The summed E-state index contributed by atoms with van der Waals surface area (Å²) < 4.78 is 41.0. The molecular weight excluding hydrogens is 415 g/mol. The van der Waals surface area contributed by atoms with Crippen LogP contribution in [0, 0.1) is 5.92 Å². The Bertz CT molecular complexity index is 1010. The van der Waals surface area contributed by atoms with E-state index in [9.17, 15) is 13.2 Å². The first-order valence-corrected chi connectivity index (χ1v) is 9.76. The molecule has 30 heavy (non-hydrogen) atoms. The highest BCUT2D eigenvalue weighted by Gasteiger charge is 2.39. The van der Waals surface area contributed by atoms with Crippen LogP contribution >= 0.6 is 12.2 Å². The smallest absolute Gasteiger partial charge is 0.406 e. The van der Waals surface area contributed by atoms with Gasteiger partial charge in [0.2, 0.25) is 0 Å². The molecule has 156 valence electrons. The largest absolute Gasteiger partial charge is 0.573 e. The summed E-state index contributed by atoms with van der Waals surface area (Å²) in [4.78, 5) is 5.68. The molecule has 1 heterocycles. The SMILES string of the molecule is CN(C=S)/N=C/c1ccc2c(c1)CCC1C2=NOC1c1ccc(OC(F)(F)F)cc1. The number of fused-ring (bicyclic) bond motifs is 3. The number of hydrogen-bond acceptors (Lipinski definition) is 5. The second kappa shape index (κ2) is 8.06. The van der Waals surface area contributed by atoms with Gasteiger partial charge >= 0.3 is 6.36 Å². The summed E-state index contributed by atoms with van der Waals surface area (Å²) in [5, 5.41) is 10.1. The number of hydrogen-bond donors (Lipinski definition) is 0. The summed E-state index contributed by atoms with van der Waals surface area (Å²) in [6.45, 7) is 0. The van der Waals surface area contributed by atoms with Crippen molar-refractivity contribution in [2.45, 2.75) is 25.3 Å². The number of ether oxygens (including phenoxy) is 1. The van der Waals surface area contributed by atoms with Crippen LogP contribution in [0.5, 0.6) is 5.75 Å². The fourth-order valence-corrected chi connectivity index (χ4v) is 3.79. The van der Waals surface area contributed by atoms with Gasteiger partial charge in [0.25, 0.3) is 0 Å². The zero-order valence-electron chi connectivity index (χ0n) is 16.0. The summed E-state index contributed by atoms with van der Waals surface area (Å²) >= 11 is 4.82. The van der Waals surface area contributed by atoms with Gasteiger partial charge in [0, 0.05) is 18.5 Å². The Morgan fingerprint density at radius 2 is 2.00 bits per heavy atom. The molecule has 9 heteroatoms. The molecule has 0 N–H and O–H groups in total. The van der Waals surface area contributed by atoms with Gasteiger partial charge < -0.3 is 9.57 Å². The second-order valence-electron chi connectivity index (χ2n) is 7.10. The van der Waals surface area contributed by atoms with Crippen LogP contribution in [0.1, 0.15) is 34.8 Å². The van der Waals surface area contributed by atoms with Crippen molar-refractivity contribution in [2.24, 2.45) is 16.2 Å². The maximum Gasteiger partial charge on any atom is 0.573 e. The molecule has 2 aromatic rings. The minimum atomic E-state index is -4.71. The van der Waals surface area contributed by atoms with Crippen LogP contribution in [0.3, 0.4) is 0 Å². The quantitative estimate of drug-likeness (QED) is 0.384. The summed E-state index contributed by atoms with van der Waals surface area (Å²) in [5.41, 5.74) is 6.25. The number of aryl methyl sites for hydroxylation is 1. The zero-order valence-corrected chi connectivity index (χ0v) is 16.8. The average molecular weight is 433 g/mol. The third-order valence-corrected chi connectivity index (χ3v) is 5.40. The predicted octanol–water partition coefficient (Wildman–Crippen LogP) is 4.85. The Hall–Kier alpha value is -2.94. The maximum atomic E-state index is 12.4. The number of alkyl halides is 3. The highest BCUT2D eigenvalue weighted by Crippen LogP contribution is 2.42. The van der Waals surface area contributed by atoms with E-state index in [2.05, 4.69) is 21.1 Å². The normalized spacial score (nSPS) is 20.2. The molecule has 0 aromatic heterocycles. The van der Waals surface area contributed by atoms with Crippen molar-refractivity contribution in [2.75, 3.05) is 7.05 Å². The molecule has 0 radical (unpaired) electrons. The molecular formula is C21H18F3N3O2S. The molecule has 0 saturated heterocycles. The Morgan fingerprint density at radius 3 is 2.70 bits per heavy atom. The van der Waals surface area contributed by atoms with Crippen molar-refractivity contribution in [3.05, 3.63) is 64.7 Å². The van der Waals surface area contributed by atoms with E-state index in [1.165, 1.54) is 17.6 Å². The number of halogens is 3. The molecule has 2 aromatic carbocycles. The highest BCUT2D eigenvalue weighted by molar-refractivity contribution is 7.78. The van der Waals surface area contributed by atoms with Gasteiger partial charge in [-0.05, 0) is 47.7 Å². The van der Waals surface area contributed by atoms with Gasteiger partial charge in [-0.3, -0.25) is 5.01 Å². The van der Waals surface area contributed by atoms with Gasteiger partial charge in [0.1, 0.15) is 5.75 Å². The van der Waals surface area contributed by atoms with Gasteiger partial charge in [-0.1, -0.05) is 41.6 Å². The molecule has 0 saturated carbocycles. The number of rotatable bonds is 5. The Balaban J connectivity index is 1.51. The van der Waals surface area contributed by atoms with E-state index in [0.29, 0.717) is 0 Å². The average Bonchev–Trinajstić information content (AvgIpc) is 3.15. The van der Waals surface area contributed by atoms with Crippen LogP contribution in [0.15, 0.2) is 52.7 Å². The van der Waals surface area contributed by atoms with E-state index in [1.807, 2.05) is 12.1 Å². The van der Waals surface area contributed by atoms with Crippen molar-refractivity contribution in [3.8, 4) is 5.75 Å². The first-order valence-electron chi connectivity index (χ1n) is 9.29. The lowest BCUT2D eigenvalue weighted by Crippen LogP contribution is -2.24. The standard InChI is InChI=1S/C21H18F3N3O2S/c1-27(12-30)25-11-13-2-8-17-15(10-13)5-9-18-19(17)26-29-20(18)14-3-6-16(7-4-14)28-21(22,23)24/h2-4,6-8,10-12,18,20H,5,9H2,1H3/b25-11+. The van der Waals surface area contributed by atoms with Gasteiger partial charge in [0.05, 0.1) is 17.4 Å². The van der Waals surface area contributed by atoms with Crippen molar-refractivity contribution >= 4 is 29.6 Å². The number of thiocarbonyl (C=S) groups is 1. The van der Waals surface area contributed by atoms with Crippen LogP contribution in [0.2, 0.25) is 0 Å². The van der Waals surface area contributed by atoms with Crippen LogP contribution in [-0.2, 0) is 11.3 Å². The third-order valence-electron chi connectivity index (χ3n) is 5.09. The molecule has 5 nitrogen and oxygen atoms in total. The summed E-state index contributed by atoms with van der Waals surface area (Å²) in [7, 11) is 1.76. The van der Waals surface area contributed by atoms with E-state index in [1.54, 1.807) is 30.4 Å². The Labute approximate surface area is 176 Å². The molecule has 2 unspecified atom stereocenters. The van der Waals surface area contributed by atoms with Crippen LogP contribution in [0.4, 0.5) is 13.2 Å². The van der Waals surface area contributed by atoms with E-state index in [4.69, 9.17) is 17.1 Å². The molecule has 0 spiro atoms. The molecule has 0 bridgehead atoms. The molecule has 0 amide bonds. The fraction of sp³-hybridized carbons (Fsp3) is 0.286. The third kappa shape index (κ3) is 4.30. The fourth-order valence-electron chi connectivity index (χ4n) is 3.73. The van der Waals surface area contributed by atoms with E-state index < -0.39 is 6.36 Å². The molecule has 2 aliphatic rings. The van der Waals surface area contributed by atoms with Gasteiger partial charge in [-0.15, -0.1) is 13.2 Å². The van der Waals surface area contributed by atoms with Gasteiger partial charge in [-0.25, -0.2) is 0 Å². The highest BCUT2D eigenvalue weighted by atomic mass is 32.1. The van der Waals surface area contributed by atoms with Gasteiger partial charge in [-0.2, -0.15) is 5.10 Å². The first kappa shape index (κ1) is 20.3. The van der Waals surface area contributed by atoms with Crippen molar-refractivity contribution in [1.82, 2.24) is 5.01 Å². The van der Waals surface area contributed by atoms with Crippen molar-refractivity contribution < 1.29 is 22.7 Å². The van der Waals surface area contributed by atoms with Crippen molar-refractivity contribution in [3.63, 3.8) is 0 Å². The minimum Gasteiger partial charge on any atom is -0.406 e. The molecule has 2 atom stereocenters. The topological polar surface area (TPSA) is 46.4 Å². The number of hydrazone groups is 1. The lowest BCUT2D eigenvalue weighted by atomic mass is 9.78. The first-order chi connectivity index (χ1) is 14.3. The van der Waals surface area contributed by atoms with E-state index in [0.717, 1.165) is 40.8 Å². The summed E-state index contributed by atoms with van der Waals surface area (Å²) in [5.74, 6) is -0.208. The maximum absolute atomic E-state index is 12.4. The molecule has 1 aliphatic heterocycles. The second-order valence-corrected chi connectivity index (χ2v) is 7.32. The minimum absolute atomic E-state index is 0.0485. The zero-order chi connectivity index (χ0) is 21.3. The van der Waals surface area contributed by atoms with E-state index >= 15 is 0 Å². The number of oxime groups is 1. The van der Waals surface area contributed by atoms with Gasteiger partial charge in [0.15, 0.2) is 6.10 Å². The predicted molar refractivity (Wildman–Crippen MR) is 111 cm³/mol. The van der Waals surface area contributed by atoms with E-state index in [-0.39, 0.29) is 17.8 Å². The monoisotopic (exact) mass is 433 g/mol. The molecule has 1 aliphatic carbocycles.